The van der Waals surface area contributed by atoms with Crippen molar-refractivity contribution in [3.05, 3.63) is 47.4 Å². The highest BCUT2D eigenvalue weighted by Gasteiger charge is 2.43. The standard InChI is InChI=1S/C18H19ClN4O2S/c19-10-2-1-3-11(5-10)26-7-9-4-12(17(25)16(9)24)13-6-21-15-14(13)22-8-23-18(15)20/h1-3,5-6,8-9,12,16-17,21,24-25H,4,7H2,(H2,20,22,23). The summed E-state index contributed by atoms with van der Waals surface area (Å²) in [6.45, 7) is 0. The monoisotopic (exact) mass is 390 g/mol. The van der Waals surface area contributed by atoms with Crippen molar-refractivity contribution in [2.24, 2.45) is 5.92 Å². The van der Waals surface area contributed by atoms with E-state index in [9.17, 15) is 10.2 Å². The number of nitrogens with one attached hydrogen (secondary N) is 1. The molecule has 5 N–H and O–H groups in total. The van der Waals surface area contributed by atoms with Crippen molar-refractivity contribution >= 4 is 40.2 Å². The summed E-state index contributed by atoms with van der Waals surface area (Å²) < 4.78 is 0. The highest BCUT2D eigenvalue weighted by molar-refractivity contribution is 7.99. The van der Waals surface area contributed by atoms with Crippen molar-refractivity contribution < 1.29 is 10.2 Å². The van der Waals surface area contributed by atoms with E-state index in [4.69, 9.17) is 17.3 Å². The van der Waals surface area contributed by atoms with Crippen LogP contribution in [0.3, 0.4) is 0 Å². The Bertz CT molecular complexity index is 934. The van der Waals surface area contributed by atoms with Crippen LogP contribution in [-0.2, 0) is 0 Å². The molecule has 8 heteroatoms. The van der Waals surface area contributed by atoms with Crippen molar-refractivity contribution in [3.63, 3.8) is 0 Å². The smallest absolute Gasteiger partial charge is 0.151 e. The van der Waals surface area contributed by atoms with Gasteiger partial charge in [-0.15, -0.1) is 11.8 Å². The van der Waals surface area contributed by atoms with Gasteiger partial charge in [0.25, 0.3) is 0 Å². The number of hydrogen-bond acceptors (Lipinski definition) is 6. The molecule has 0 amide bonds. The van der Waals surface area contributed by atoms with Gasteiger partial charge in [-0.1, -0.05) is 17.7 Å². The molecule has 2 heterocycles. The van der Waals surface area contributed by atoms with E-state index in [-0.39, 0.29) is 11.8 Å². The fourth-order valence-corrected chi connectivity index (χ4v) is 5.00. The van der Waals surface area contributed by atoms with Crippen molar-refractivity contribution in [1.29, 1.82) is 0 Å². The zero-order chi connectivity index (χ0) is 18.3. The van der Waals surface area contributed by atoms with Crippen molar-refractivity contribution in [2.45, 2.75) is 29.4 Å². The quantitative estimate of drug-likeness (QED) is 0.510. The summed E-state index contributed by atoms with van der Waals surface area (Å²) in [5.74, 6) is 0.859. The largest absolute Gasteiger partial charge is 0.390 e. The number of aliphatic hydroxyl groups is 2. The number of H-pyrrole nitrogens is 1. The molecule has 1 aliphatic carbocycles. The fourth-order valence-electron chi connectivity index (χ4n) is 3.62. The second-order valence-electron chi connectivity index (χ2n) is 6.58. The molecule has 1 fully saturated rings. The Morgan fingerprint density at radius 2 is 2.12 bits per heavy atom. The molecule has 0 bridgehead atoms. The number of anilines is 1. The van der Waals surface area contributed by atoms with E-state index in [1.807, 2.05) is 30.5 Å². The number of aromatic nitrogens is 3. The molecular weight excluding hydrogens is 372 g/mol. The van der Waals surface area contributed by atoms with Gasteiger partial charge in [-0.05, 0) is 30.5 Å². The highest BCUT2D eigenvalue weighted by Crippen LogP contribution is 2.43. The molecule has 2 aromatic heterocycles. The van der Waals surface area contributed by atoms with Gasteiger partial charge in [-0.25, -0.2) is 9.97 Å². The van der Waals surface area contributed by atoms with E-state index >= 15 is 0 Å². The molecular formula is C18H19ClN4O2S. The third-order valence-corrected chi connectivity index (χ3v) is 6.40. The Kier molecular flexibility index (Phi) is 4.79. The number of rotatable bonds is 4. The van der Waals surface area contributed by atoms with E-state index in [2.05, 4.69) is 15.0 Å². The van der Waals surface area contributed by atoms with Crippen LogP contribution in [0.2, 0.25) is 5.02 Å². The molecule has 4 atom stereocenters. The van der Waals surface area contributed by atoms with Crippen LogP contribution in [0.15, 0.2) is 41.7 Å². The minimum absolute atomic E-state index is 0.0249. The molecule has 26 heavy (non-hydrogen) atoms. The minimum atomic E-state index is -0.838. The van der Waals surface area contributed by atoms with Gasteiger partial charge >= 0.3 is 0 Å². The summed E-state index contributed by atoms with van der Waals surface area (Å²) in [6.07, 6.45) is 2.28. The summed E-state index contributed by atoms with van der Waals surface area (Å²) >= 11 is 7.66. The molecule has 1 aliphatic rings. The Hall–Kier alpha value is -1.80. The maximum absolute atomic E-state index is 10.6. The third-order valence-electron chi connectivity index (χ3n) is 4.98. The van der Waals surface area contributed by atoms with Gasteiger partial charge in [0.05, 0.1) is 17.7 Å². The molecule has 0 saturated heterocycles. The molecule has 4 unspecified atom stereocenters. The Morgan fingerprint density at radius 3 is 2.92 bits per heavy atom. The number of nitrogens with two attached hydrogens (primary N) is 1. The number of nitrogens with zero attached hydrogens (tertiary/aromatic N) is 2. The number of aliphatic hydroxyl groups excluding tert-OH is 2. The van der Waals surface area contributed by atoms with E-state index < -0.39 is 12.2 Å². The van der Waals surface area contributed by atoms with Gasteiger partial charge in [-0.3, -0.25) is 0 Å². The van der Waals surface area contributed by atoms with Gasteiger partial charge in [0, 0.05) is 33.3 Å². The summed E-state index contributed by atoms with van der Waals surface area (Å²) in [7, 11) is 0. The molecule has 0 radical (unpaired) electrons. The zero-order valence-corrected chi connectivity index (χ0v) is 15.4. The number of fused-ring (bicyclic) bond motifs is 1. The first-order valence-corrected chi connectivity index (χ1v) is 9.73. The summed E-state index contributed by atoms with van der Waals surface area (Å²) in [4.78, 5) is 12.4. The van der Waals surface area contributed by atoms with E-state index in [1.54, 1.807) is 11.8 Å². The van der Waals surface area contributed by atoms with Gasteiger partial charge in [0.1, 0.15) is 11.8 Å². The van der Waals surface area contributed by atoms with E-state index in [1.165, 1.54) is 6.33 Å². The normalized spacial score (nSPS) is 25.8. The number of nitrogen functional groups attached to an aromatic ring is 1. The molecule has 0 aliphatic heterocycles. The molecule has 3 aromatic rings. The zero-order valence-electron chi connectivity index (χ0n) is 13.8. The molecule has 4 rings (SSSR count). The van der Waals surface area contributed by atoms with Crippen LogP contribution >= 0.6 is 23.4 Å². The second kappa shape index (κ2) is 7.08. The van der Waals surface area contributed by atoms with E-state index in [0.717, 1.165) is 10.5 Å². The maximum Gasteiger partial charge on any atom is 0.151 e. The van der Waals surface area contributed by atoms with Crippen LogP contribution in [0.5, 0.6) is 0 Å². The Labute approximate surface area is 159 Å². The van der Waals surface area contributed by atoms with Crippen LogP contribution < -0.4 is 5.73 Å². The predicted octanol–water partition coefficient (Wildman–Crippen LogP) is 2.81. The van der Waals surface area contributed by atoms with Crippen molar-refractivity contribution in [2.75, 3.05) is 11.5 Å². The maximum atomic E-state index is 10.6. The molecule has 6 nitrogen and oxygen atoms in total. The lowest BCUT2D eigenvalue weighted by atomic mass is 9.96. The average Bonchev–Trinajstić information content (AvgIpc) is 3.17. The first-order valence-electron chi connectivity index (χ1n) is 8.36. The lowest BCUT2D eigenvalue weighted by Gasteiger charge is -2.16. The SMILES string of the molecule is Nc1ncnc2c(C3CC(CSc4cccc(Cl)c4)C(O)C3O)c[nH]c12. The topological polar surface area (TPSA) is 108 Å². The van der Waals surface area contributed by atoms with Gasteiger partial charge in [-0.2, -0.15) is 0 Å². The number of hydrogen-bond donors (Lipinski definition) is 4. The lowest BCUT2D eigenvalue weighted by molar-refractivity contribution is 0.0190. The van der Waals surface area contributed by atoms with Gasteiger partial charge in [0.15, 0.2) is 5.82 Å². The van der Waals surface area contributed by atoms with Crippen molar-refractivity contribution in [3.8, 4) is 0 Å². The minimum Gasteiger partial charge on any atom is -0.390 e. The van der Waals surface area contributed by atoms with Crippen LogP contribution in [0.25, 0.3) is 11.0 Å². The Morgan fingerprint density at radius 1 is 1.27 bits per heavy atom. The molecule has 1 saturated carbocycles. The summed E-state index contributed by atoms with van der Waals surface area (Å²) in [6, 6.07) is 7.63. The molecule has 1 aromatic carbocycles. The number of aromatic amines is 1. The first-order chi connectivity index (χ1) is 12.5. The van der Waals surface area contributed by atoms with Crippen molar-refractivity contribution in [1.82, 2.24) is 15.0 Å². The second-order valence-corrected chi connectivity index (χ2v) is 8.11. The van der Waals surface area contributed by atoms with Gasteiger partial charge < -0.3 is 20.9 Å². The summed E-state index contributed by atoms with van der Waals surface area (Å²) in [5, 5.41) is 21.8. The number of thioether (sulfide) groups is 1. The fraction of sp³-hybridized carbons (Fsp3) is 0.333. The first kappa shape index (κ1) is 17.6. The van der Waals surface area contributed by atoms with Crippen LogP contribution in [0, 0.1) is 5.92 Å². The highest BCUT2D eigenvalue weighted by atomic mass is 35.5. The van der Waals surface area contributed by atoms with E-state index in [0.29, 0.717) is 34.0 Å². The lowest BCUT2D eigenvalue weighted by Crippen LogP contribution is -2.28. The Balaban J connectivity index is 1.53. The third kappa shape index (κ3) is 3.16. The van der Waals surface area contributed by atoms with Crippen LogP contribution in [0.4, 0.5) is 5.82 Å². The van der Waals surface area contributed by atoms with Gasteiger partial charge in [0.2, 0.25) is 0 Å². The molecule has 0 spiro atoms. The summed E-state index contributed by atoms with van der Waals surface area (Å²) in [5.41, 5.74) is 8.12. The number of benzene rings is 1. The predicted molar refractivity (Wildman–Crippen MR) is 103 cm³/mol. The molecule has 136 valence electrons. The van der Waals surface area contributed by atoms with Crippen LogP contribution in [-0.4, -0.2) is 43.1 Å². The number of halogens is 1. The van der Waals surface area contributed by atoms with Crippen LogP contribution in [0.1, 0.15) is 17.9 Å². The average molecular weight is 391 g/mol.